The molecule has 1 aromatic rings. The Balaban J connectivity index is 0.00000176. The van der Waals surface area contributed by atoms with Gasteiger partial charge in [0.15, 0.2) is 5.96 Å². The van der Waals surface area contributed by atoms with E-state index in [1.165, 1.54) is 44.3 Å². The van der Waals surface area contributed by atoms with Gasteiger partial charge in [-0.3, -0.25) is 5.10 Å². The Morgan fingerprint density at radius 2 is 2.05 bits per heavy atom. The highest BCUT2D eigenvalue weighted by molar-refractivity contribution is 14.0. The quantitative estimate of drug-likeness (QED) is 0.452. The molecule has 0 bridgehead atoms. The number of aromatic amines is 1. The standard InChI is InChI=1S/C16H27N5.HI/c1-3-17-16(18-8-15-9-19-20-12(15)2)21-10-13-6-4-5-7-14(13)11-21;/h9,13-14H,3-8,10-11H2,1-2H3,(H,17,18)(H,19,20);1H. The van der Waals surface area contributed by atoms with Gasteiger partial charge in [0.05, 0.1) is 12.7 Å². The molecule has 22 heavy (non-hydrogen) atoms. The maximum absolute atomic E-state index is 4.83. The monoisotopic (exact) mass is 417 g/mol. The number of likely N-dealkylation sites (tertiary alicyclic amines) is 1. The minimum atomic E-state index is 0. The summed E-state index contributed by atoms with van der Waals surface area (Å²) < 4.78 is 0. The molecule has 5 nitrogen and oxygen atoms in total. The molecule has 1 aromatic heterocycles. The van der Waals surface area contributed by atoms with Crippen LogP contribution >= 0.6 is 24.0 Å². The molecule has 2 fully saturated rings. The second-order valence-electron chi connectivity index (χ2n) is 6.40. The first-order chi connectivity index (χ1) is 10.3. The van der Waals surface area contributed by atoms with Gasteiger partial charge in [-0.25, -0.2) is 4.99 Å². The summed E-state index contributed by atoms with van der Waals surface area (Å²) in [5.41, 5.74) is 2.30. The van der Waals surface area contributed by atoms with E-state index in [1.54, 1.807) is 0 Å². The largest absolute Gasteiger partial charge is 0.357 e. The van der Waals surface area contributed by atoms with Gasteiger partial charge in [0.25, 0.3) is 0 Å². The fourth-order valence-corrected chi connectivity index (χ4v) is 3.70. The molecule has 2 unspecified atom stereocenters. The molecule has 1 saturated carbocycles. The number of nitrogens with one attached hydrogen (secondary N) is 2. The third-order valence-corrected chi connectivity index (χ3v) is 4.94. The van der Waals surface area contributed by atoms with Gasteiger partial charge < -0.3 is 10.2 Å². The Labute approximate surface area is 150 Å². The summed E-state index contributed by atoms with van der Waals surface area (Å²) in [6, 6.07) is 0. The third kappa shape index (κ3) is 3.94. The van der Waals surface area contributed by atoms with Gasteiger partial charge in [-0.15, -0.1) is 24.0 Å². The van der Waals surface area contributed by atoms with Gasteiger partial charge in [0.1, 0.15) is 0 Å². The summed E-state index contributed by atoms with van der Waals surface area (Å²) in [6.07, 6.45) is 7.52. The van der Waals surface area contributed by atoms with Crippen molar-refractivity contribution in [1.82, 2.24) is 20.4 Å². The van der Waals surface area contributed by atoms with E-state index in [-0.39, 0.29) is 24.0 Å². The van der Waals surface area contributed by atoms with Crippen molar-refractivity contribution in [2.24, 2.45) is 16.8 Å². The molecule has 2 atom stereocenters. The number of aryl methyl sites for hydroxylation is 1. The Bertz CT molecular complexity index is 484. The van der Waals surface area contributed by atoms with Crippen molar-refractivity contribution in [2.45, 2.75) is 46.1 Å². The molecule has 2 N–H and O–H groups in total. The Morgan fingerprint density at radius 1 is 1.36 bits per heavy atom. The maximum Gasteiger partial charge on any atom is 0.194 e. The number of nitrogens with zero attached hydrogens (tertiary/aromatic N) is 3. The van der Waals surface area contributed by atoms with E-state index in [4.69, 9.17) is 4.99 Å². The molecule has 3 rings (SSSR count). The molecule has 1 aliphatic carbocycles. The third-order valence-electron chi connectivity index (χ3n) is 4.94. The predicted octanol–water partition coefficient (Wildman–Crippen LogP) is 2.92. The summed E-state index contributed by atoms with van der Waals surface area (Å²) in [5.74, 6) is 2.85. The summed E-state index contributed by atoms with van der Waals surface area (Å²) >= 11 is 0. The fourth-order valence-electron chi connectivity index (χ4n) is 3.70. The first kappa shape index (κ1) is 17.6. The molecule has 0 aromatic carbocycles. The summed E-state index contributed by atoms with van der Waals surface area (Å²) in [4.78, 5) is 7.30. The molecule has 0 amide bonds. The van der Waals surface area contributed by atoms with Crippen LogP contribution < -0.4 is 5.32 Å². The predicted molar refractivity (Wildman–Crippen MR) is 101 cm³/mol. The molecule has 0 radical (unpaired) electrons. The van der Waals surface area contributed by atoms with E-state index in [1.807, 2.05) is 6.20 Å². The van der Waals surface area contributed by atoms with Crippen LogP contribution in [0.1, 0.15) is 43.9 Å². The van der Waals surface area contributed by atoms with E-state index in [2.05, 4.69) is 34.3 Å². The van der Waals surface area contributed by atoms with Gasteiger partial charge in [0.2, 0.25) is 0 Å². The lowest BCUT2D eigenvalue weighted by Gasteiger charge is -2.22. The number of hydrogen-bond donors (Lipinski definition) is 2. The van der Waals surface area contributed by atoms with Crippen LogP contribution in [0.15, 0.2) is 11.2 Å². The number of guanidine groups is 1. The highest BCUT2D eigenvalue weighted by Gasteiger charge is 2.35. The van der Waals surface area contributed by atoms with Crippen molar-refractivity contribution in [1.29, 1.82) is 0 Å². The fraction of sp³-hybridized carbons (Fsp3) is 0.750. The molecule has 6 heteroatoms. The van der Waals surface area contributed by atoms with Gasteiger partial charge in [0, 0.05) is 30.9 Å². The maximum atomic E-state index is 4.83. The number of halogens is 1. The number of H-pyrrole nitrogens is 1. The number of aromatic nitrogens is 2. The van der Waals surface area contributed by atoms with E-state index >= 15 is 0 Å². The zero-order valence-electron chi connectivity index (χ0n) is 13.6. The Hall–Kier alpha value is -0.790. The average Bonchev–Trinajstić information content (AvgIpc) is 3.09. The molecular formula is C16H28IN5. The lowest BCUT2D eigenvalue weighted by molar-refractivity contribution is 0.299. The zero-order valence-corrected chi connectivity index (χ0v) is 16.0. The molecular weight excluding hydrogens is 389 g/mol. The number of fused-ring (bicyclic) bond motifs is 1. The second-order valence-corrected chi connectivity index (χ2v) is 6.40. The number of hydrogen-bond acceptors (Lipinski definition) is 2. The van der Waals surface area contributed by atoms with Crippen molar-refractivity contribution >= 4 is 29.9 Å². The Kier molecular flexibility index (Phi) is 6.52. The lowest BCUT2D eigenvalue weighted by atomic mass is 9.82. The zero-order chi connectivity index (χ0) is 14.7. The topological polar surface area (TPSA) is 56.3 Å². The average molecular weight is 417 g/mol. The first-order valence-corrected chi connectivity index (χ1v) is 8.30. The van der Waals surface area contributed by atoms with Crippen molar-refractivity contribution in [2.75, 3.05) is 19.6 Å². The van der Waals surface area contributed by atoms with E-state index in [9.17, 15) is 0 Å². The van der Waals surface area contributed by atoms with Crippen LogP contribution in [-0.4, -0.2) is 40.7 Å². The molecule has 1 aliphatic heterocycles. The van der Waals surface area contributed by atoms with Crippen LogP contribution in [0.4, 0.5) is 0 Å². The van der Waals surface area contributed by atoms with Crippen molar-refractivity contribution in [3.8, 4) is 0 Å². The number of rotatable bonds is 3. The van der Waals surface area contributed by atoms with E-state index < -0.39 is 0 Å². The SMILES string of the molecule is CCNC(=NCc1cn[nH]c1C)N1CC2CCCCC2C1.I. The molecule has 2 aliphatic rings. The molecule has 0 spiro atoms. The van der Waals surface area contributed by atoms with E-state index in [0.717, 1.165) is 30.0 Å². The minimum absolute atomic E-state index is 0. The smallest absolute Gasteiger partial charge is 0.194 e. The van der Waals surface area contributed by atoms with Crippen LogP contribution in [0.25, 0.3) is 0 Å². The van der Waals surface area contributed by atoms with Gasteiger partial charge in [-0.2, -0.15) is 5.10 Å². The number of aliphatic imine (C=N–C) groups is 1. The second kappa shape index (κ2) is 8.17. The van der Waals surface area contributed by atoms with Crippen molar-refractivity contribution in [3.05, 3.63) is 17.5 Å². The highest BCUT2D eigenvalue weighted by Crippen LogP contribution is 2.35. The molecule has 2 heterocycles. The van der Waals surface area contributed by atoms with Crippen LogP contribution in [-0.2, 0) is 6.54 Å². The van der Waals surface area contributed by atoms with Crippen molar-refractivity contribution < 1.29 is 0 Å². The van der Waals surface area contributed by atoms with Gasteiger partial charge in [-0.1, -0.05) is 12.8 Å². The van der Waals surface area contributed by atoms with E-state index in [0.29, 0.717) is 6.54 Å². The van der Waals surface area contributed by atoms with Crippen LogP contribution in [0.5, 0.6) is 0 Å². The summed E-state index contributed by atoms with van der Waals surface area (Å²) in [5, 5.41) is 10.5. The Morgan fingerprint density at radius 3 is 2.59 bits per heavy atom. The highest BCUT2D eigenvalue weighted by atomic mass is 127. The van der Waals surface area contributed by atoms with Crippen LogP contribution in [0.2, 0.25) is 0 Å². The lowest BCUT2D eigenvalue weighted by Crippen LogP contribution is -2.40. The van der Waals surface area contributed by atoms with Gasteiger partial charge in [-0.05, 0) is 38.5 Å². The minimum Gasteiger partial charge on any atom is -0.357 e. The van der Waals surface area contributed by atoms with Crippen LogP contribution in [0.3, 0.4) is 0 Å². The first-order valence-electron chi connectivity index (χ1n) is 8.30. The summed E-state index contributed by atoms with van der Waals surface area (Å²) in [7, 11) is 0. The summed E-state index contributed by atoms with van der Waals surface area (Å²) in [6.45, 7) is 8.18. The van der Waals surface area contributed by atoms with Crippen molar-refractivity contribution in [3.63, 3.8) is 0 Å². The molecule has 1 saturated heterocycles. The van der Waals surface area contributed by atoms with Gasteiger partial charge >= 0.3 is 0 Å². The molecule has 124 valence electrons. The normalized spacial score (nSPS) is 24.8. The van der Waals surface area contributed by atoms with Crippen LogP contribution in [0, 0.1) is 18.8 Å².